The molecule has 6 heteroatoms. The Labute approximate surface area is 116 Å². The number of anilines is 1. The van der Waals surface area contributed by atoms with E-state index < -0.39 is 0 Å². The first-order valence-electron chi connectivity index (χ1n) is 6.41. The zero-order valence-electron chi connectivity index (χ0n) is 11.1. The van der Waals surface area contributed by atoms with Gasteiger partial charge in [0, 0.05) is 23.9 Å². The quantitative estimate of drug-likeness (QED) is 0.884. The van der Waals surface area contributed by atoms with Crippen molar-refractivity contribution in [3.63, 3.8) is 0 Å². The molecule has 0 saturated heterocycles. The second-order valence-corrected chi connectivity index (χ2v) is 4.53. The van der Waals surface area contributed by atoms with E-state index in [1.165, 1.54) is 0 Å². The average molecular weight is 273 g/mol. The standard InChI is InChI=1S/C14H15N3O3/c1-19-13-7-9(20-17-13)8-16-12-4-2-3-11-10(12)5-6-15-14(11)18/h2-4,7,16H,5-6,8H2,1H3,(H,15,18). The number of nitrogens with one attached hydrogen (secondary N) is 2. The molecule has 6 nitrogen and oxygen atoms in total. The Hall–Kier alpha value is -2.50. The summed E-state index contributed by atoms with van der Waals surface area (Å²) in [6, 6.07) is 7.40. The summed E-state index contributed by atoms with van der Waals surface area (Å²) < 4.78 is 10.1. The van der Waals surface area contributed by atoms with Crippen molar-refractivity contribution in [2.75, 3.05) is 19.0 Å². The number of carbonyl (C=O) groups excluding carboxylic acids is 1. The molecule has 0 atom stereocenters. The van der Waals surface area contributed by atoms with Crippen LogP contribution in [-0.2, 0) is 13.0 Å². The van der Waals surface area contributed by atoms with Crippen molar-refractivity contribution >= 4 is 11.6 Å². The Morgan fingerprint density at radius 1 is 1.50 bits per heavy atom. The fraction of sp³-hybridized carbons (Fsp3) is 0.286. The van der Waals surface area contributed by atoms with E-state index in [-0.39, 0.29) is 5.91 Å². The molecule has 104 valence electrons. The zero-order valence-corrected chi connectivity index (χ0v) is 11.1. The van der Waals surface area contributed by atoms with Crippen LogP contribution >= 0.6 is 0 Å². The average Bonchev–Trinajstić information content (AvgIpc) is 2.94. The van der Waals surface area contributed by atoms with Crippen LogP contribution < -0.4 is 15.4 Å². The van der Waals surface area contributed by atoms with Crippen molar-refractivity contribution < 1.29 is 14.1 Å². The Balaban J connectivity index is 1.77. The van der Waals surface area contributed by atoms with Gasteiger partial charge in [0.05, 0.1) is 13.7 Å². The van der Waals surface area contributed by atoms with Crippen LogP contribution in [0, 0.1) is 0 Å². The molecule has 2 aromatic rings. The molecule has 0 saturated carbocycles. The van der Waals surface area contributed by atoms with Gasteiger partial charge in [0.1, 0.15) is 0 Å². The molecular formula is C14H15N3O3. The largest absolute Gasteiger partial charge is 0.479 e. The SMILES string of the molecule is COc1cc(CNc2cccc3c2CCNC3=O)on1. The van der Waals surface area contributed by atoms with Crippen molar-refractivity contribution in [1.29, 1.82) is 0 Å². The summed E-state index contributed by atoms with van der Waals surface area (Å²) >= 11 is 0. The van der Waals surface area contributed by atoms with E-state index in [9.17, 15) is 4.79 Å². The van der Waals surface area contributed by atoms with Crippen molar-refractivity contribution in [2.24, 2.45) is 0 Å². The monoisotopic (exact) mass is 273 g/mol. The van der Waals surface area contributed by atoms with Crippen molar-refractivity contribution in [3.8, 4) is 5.88 Å². The molecule has 0 bridgehead atoms. The molecule has 1 aliphatic heterocycles. The number of hydrogen-bond acceptors (Lipinski definition) is 5. The van der Waals surface area contributed by atoms with Gasteiger partial charge in [-0.15, -0.1) is 0 Å². The van der Waals surface area contributed by atoms with Crippen LogP contribution in [0.3, 0.4) is 0 Å². The van der Waals surface area contributed by atoms with Crippen LogP contribution in [0.5, 0.6) is 5.88 Å². The zero-order chi connectivity index (χ0) is 13.9. The third kappa shape index (κ3) is 2.32. The summed E-state index contributed by atoms with van der Waals surface area (Å²) in [4.78, 5) is 11.8. The highest BCUT2D eigenvalue weighted by atomic mass is 16.5. The van der Waals surface area contributed by atoms with Crippen LogP contribution in [-0.4, -0.2) is 24.7 Å². The molecule has 0 fully saturated rings. The number of nitrogens with zero attached hydrogens (tertiary/aromatic N) is 1. The maximum absolute atomic E-state index is 11.8. The first-order valence-corrected chi connectivity index (χ1v) is 6.41. The first kappa shape index (κ1) is 12.5. The minimum Gasteiger partial charge on any atom is -0.479 e. The van der Waals surface area contributed by atoms with Gasteiger partial charge in [0.25, 0.3) is 11.8 Å². The molecule has 1 amide bonds. The van der Waals surface area contributed by atoms with Crippen LogP contribution in [0.1, 0.15) is 21.7 Å². The highest BCUT2D eigenvalue weighted by Gasteiger charge is 2.19. The maximum Gasteiger partial charge on any atom is 0.254 e. The fourth-order valence-corrected chi connectivity index (χ4v) is 2.29. The number of methoxy groups -OCH3 is 1. The topological polar surface area (TPSA) is 76.4 Å². The van der Waals surface area contributed by atoms with Gasteiger partial charge in [-0.1, -0.05) is 6.07 Å². The number of carbonyl (C=O) groups is 1. The van der Waals surface area contributed by atoms with E-state index in [1.807, 2.05) is 18.2 Å². The van der Waals surface area contributed by atoms with Gasteiger partial charge in [-0.2, -0.15) is 0 Å². The maximum atomic E-state index is 11.8. The van der Waals surface area contributed by atoms with Gasteiger partial charge in [-0.3, -0.25) is 4.79 Å². The number of amides is 1. The van der Waals surface area contributed by atoms with Crippen molar-refractivity contribution in [3.05, 3.63) is 41.2 Å². The fourth-order valence-electron chi connectivity index (χ4n) is 2.29. The number of aromatic nitrogens is 1. The van der Waals surface area contributed by atoms with Gasteiger partial charge in [-0.25, -0.2) is 0 Å². The minimum absolute atomic E-state index is 0.0174. The lowest BCUT2D eigenvalue weighted by molar-refractivity contribution is 0.0946. The van der Waals surface area contributed by atoms with Gasteiger partial charge >= 0.3 is 0 Å². The van der Waals surface area contributed by atoms with Crippen LogP contribution in [0.25, 0.3) is 0 Å². The summed E-state index contributed by atoms with van der Waals surface area (Å²) in [5.74, 6) is 1.12. The van der Waals surface area contributed by atoms with Gasteiger partial charge in [0.15, 0.2) is 5.76 Å². The Morgan fingerprint density at radius 2 is 2.40 bits per heavy atom. The lowest BCUT2D eigenvalue weighted by Gasteiger charge is -2.20. The second-order valence-electron chi connectivity index (χ2n) is 4.53. The van der Waals surface area contributed by atoms with E-state index in [0.29, 0.717) is 24.7 Å². The molecule has 3 rings (SSSR count). The normalized spacial score (nSPS) is 13.6. The van der Waals surface area contributed by atoms with E-state index in [4.69, 9.17) is 9.26 Å². The highest BCUT2D eigenvalue weighted by Crippen LogP contribution is 2.24. The van der Waals surface area contributed by atoms with Gasteiger partial charge < -0.3 is 19.9 Å². The van der Waals surface area contributed by atoms with Crippen molar-refractivity contribution in [1.82, 2.24) is 10.5 Å². The van der Waals surface area contributed by atoms with Gasteiger partial charge in [-0.05, 0) is 29.3 Å². The predicted octanol–water partition coefficient (Wildman–Crippen LogP) is 1.58. The molecule has 0 spiro atoms. The van der Waals surface area contributed by atoms with E-state index >= 15 is 0 Å². The van der Waals surface area contributed by atoms with Gasteiger partial charge in [0.2, 0.25) is 0 Å². The molecule has 2 heterocycles. The molecule has 0 radical (unpaired) electrons. The van der Waals surface area contributed by atoms with Crippen LogP contribution in [0.2, 0.25) is 0 Å². The van der Waals surface area contributed by atoms with Crippen LogP contribution in [0.15, 0.2) is 28.8 Å². The molecule has 0 unspecified atom stereocenters. The predicted molar refractivity (Wildman–Crippen MR) is 72.9 cm³/mol. The number of fused-ring (bicyclic) bond motifs is 1. The molecule has 1 aliphatic rings. The molecular weight excluding hydrogens is 258 g/mol. The van der Waals surface area contributed by atoms with E-state index in [0.717, 1.165) is 23.2 Å². The second kappa shape index (κ2) is 5.24. The number of hydrogen-bond donors (Lipinski definition) is 2. The third-order valence-electron chi connectivity index (χ3n) is 3.28. The molecule has 2 N–H and O–H groups in total. The summed E-state index contributed by atoms with van der Waals surface area (Å²) in [6.45, 7) is 1.16. The third-order valence-corrected chi connectivity index (χ3v) is 3.28. The van der Waals surface area contributed by atoms with E-state index in [1.54, 1.807) is 13.2 Å². The lowest BCUT2D eigenvalue weighted by atomic mass is 9.98. The summed E-state index contributed by atoms with van der Waals surface area (Å²) in [6.07, 6.45) is 0.823. The minimum atomic E-state index is -0.0174. The van der Waals surface area contributed by atoms with Crippen molar-refractivity contribution in [2.45, 2.75) is 13.0 Å². The Bertz CT molecular complexity index is 636. The van der Waals surface area contributed by atoms with Crippen LogP contribution in [0.4, 0.5) is 5.69 Å². The molecule has 1 aromatic carbocycles. The summed E-state index contributed by atoms with van der Waals surface area (Å²) in [5.41, 5.74) is 2.73. The summed E-state index contributed by atoms with van der Waals surface area (Å²) in [7, 11) is 1.54. The molecule has 0 aliphatic carbocycles. The lowest BCUT2D eigenvalue weighted by Crippen LogP contribution is -2.32. The highest BCUT2D eigenvalue weighted by molar-refractivity contribution is 5.98. The number of ether oxygens (including phenoxy) is 1. The number of benzene rings is 1. The first-order chi connectivity index (χ1) is 9.78. The Morgan fingerprint density at radius 3 is 3.20 bits per heavy atom. The smallest absolute Gasteiger partial charge is 0.254 e. The Kier molecular flexibility index (Phi) is 3.28. The molecule has 20 heavy (non-hydrogen) atoms. The summed E-state index contributed by atoms with van der Waals surface area (Å²) in [5, 5.41) is 9.86. The molecule has 1 aromatic heterocycles. The number of rotatable bonds is 4. The van der Waals surface area contributed by atoms with E-state index in [2.05, 4.69) is 15.8 Å².